The lowest BCUT2D eigenvalue weighted by Crippen LogP contribution is -2.48. The number of hydrogen-bond donors (Lipinski definition) is 0. The van der Waals surface area contributed by atoms with Gasteiger partial charge in [0.05, 0.1) is 6.54 Å². The Kier molecular flexibility index (Phi) is 5.85. The van der Waals surface area contributed by atoms with Crippen molar-refractivity contribution in [3.05, 3.63) is 59.7 Å². The lowest BCUT2D eigenvalue weighted by Gasteiger charge is -2.33. The van der Waals surface area contributed by atoms with Gasteiger partial charge in [0, 0.05) is 56.7 Å². The predicted octanol–water partition coefficient (Wildman–Crippen LogP) is 3.00. The SMILES string of the molecule is Cc1ccc(-c2noc(CN3CCN(C(=O)c4cc(N5CCCC5)ccn4)CC3)n2)cc1. The number of benzene rings is 1. The van der Waals surface area contributed by atoms with Gasteiger partial charge < -0.3 is 14.3 Å². The molecule has 8 nitrogen and oxygen atoms in total. The molecule has 0 aliphatic carbocycles. The van der Waals surface area contributed by atoms with Gasteiger partial charge >= 0.3 is 0 Å². The van der Waals surface area contributed by atoms with E-state index in [1.54, 1.807) is 6.20 Å². The summed E-state index contributed by atoms with van der Waals surface area (Å²) >= 11 is 0. The maximum Gasteiger partial charge on any atom is 0.272 e. The normalized spacial score (nSPS) is 17.2. The van der Waals surface area contributed by atoms with Crippen molar-refractivity contribution >= 4 is 11.6 Å². The van der Waals surface area contributed by atoms with Crippen LogP contribution in [0.2, 0.25) is 0 Å². The standard InChI is InChI=1S/C24H28N6O2/c1-18-4-6-19(7-5-18)23-26-22(32-27-23)17-28-12-14-30(15-13-28)24(31)21-16-20(8-9-25-21)29-10-2-3-11-29/h4-9,16H,2-3,10-15,17H2,1H3. The summed E-state index contributed by atoms with van der Waals surface area (Å²) < 4.78 is 5.46. The van der Waals surface area contributed by atoms with E-state index in [-0.39, 0.29) is 5.91 Å². The summed E-state index contributed by atoms with van der Waals surface area (Å²) in [6, 6.07) is 12.0. The maximum atomic E-state index is 13.0. The fourth-order valence-corrected chi connectivity index (χ4v) is 4.31. The molecule has 8 heteroatoms. The van der Waals surface area contributed by atoms with Crippen LogP contribution >= 0.6 is 0 Å². The van der Waals surface area contributed by atoms with E-state index >= 15 is 0 Å². The molecule has 0 unspecified atom stereocenters. The number of anilines is 1. The fourth-order valence-electron chi connectivity index (χ4n) is 4.31. The third-order valence-corrected chi connectivity index (χ3v) is 6.23. The van der Waals surface area contributed by atoms with Crippen LogP contribution in [0.4, 0.5) is 5.69 Å². The van der Waals surface area contributed by atoms with Gasteiger partial charge in [0.15, 0.2) is 0 Å². The van der Waals surface area contributed by atoms with Crippen LogP contribution in [0, 0.1) is 6.92 Å². The van der Waals surface area contributed by atoms with Crippen LogP contribution in [0.25, 0.3) is 11.4 Å². The van der Waals surface area contributed by atoms with Gasteiger partial charge in [-0.2, -0.15) is 4.98 Å². The summed E-state index contributed by atoms with van der Waals surface area (Å²) in [5, 5.41) is 4.12. The minimum atomic E-state index is 0.00476. The number of carbonyl (C=O) groups is 1. The minimum absolute atomic E-state index is 0.00476. The first-order chi connectivity index (χ1) is 15.7. The predicted molar refractivity (Wildman–Crippen MR) is 121 cm³/mol. The van der Waals surface area contributed by atoms with Crippen LogP contribution in [0.3, 0.4) is 0 Å². The lowest BCUT2D eigenvalue weighted by atomic mass is 10.1. The van der Waals surface area contributed by atoms with E-state index in [4.69, 9.17) is 4.52 Å². The van der Waals surface area contributed by atoms with E-state index in [0.29, 0.717) is 37.0 Å². The average Bonchev–Trinajstić information content (AvgIpc) is 3.53. The molecule has 2 saturated heterocycles. The van der Waals surface area contributed by atoms with Crippen molar-refractivity contribution in [3.8, 4) is 11.4 Å². The van der Waals surface area contributed by atoms with Crippen molar-refractivity contribution in [1.29, 1.82) is 0 Å². The Morgan fingerprint density at radius 3 is 2.50 bits per heavy atom. The zero-order valence-corrected chi connectivity index (χ0v) is 18.4. The van der Waals surface area contributed by atoms with Gasteiger partial charge in [-0.25, -0.2) is 0 Å². The van der Waals surface area contributed by atoms with Gasteiger partial charge in [-0.15, -0.1) is 0 Å². The molecule has 5 rings (SSSR count). The molecular formula is C24H28N6O2. The van der Waals surface area contributed by atoms with E-state index in [2.05, 4.69) is 31.8 Å². The fraction of sp³-hybridized carbons (Fsp3) is 0.417. The van der Waals surface area contributed by atoms with Crippen molar-refractivity contribution in [1.82, 2.24) is 24.9 Å². The summed E-state index contributed by atoms with van der Waals surface area (Å²) in [5.41, 5.74) is 3.77. The Labute approximate surface area is 187 Å². The van der Waals surface area contributed by atoms with Crippen LogP contribution in [0.15, 0.2) is 47.1 Å². The second kappa shape index (κ2) is 9.08. The van der Waals surface area contributed by atoms with Gasteiger partial charge in [0.2, 0.25) is 11.7 Å². The van der Waals surface area contributed by atoms with Gasteiger partial charge in [-0.05, 0) is 31.9 Å². The largest absolute Gasteiger partial charge is 0.371 e. The van der Waals surface area contributed by atoms with Gasteiger partial charge in [-0.1, -0.05) is 35.0 Å². The summed E-state index contributed by atoms with van der Waals surface area (Å²) in [6.45, 7) is 7.59. The first kappa shape index (κ1) is 20.6. The van der Waals surface area contributed by atoms with Crippen LogP contribution in [-0.4, -0.2) is 70.1 Å². The highest BCUT2D eigenvalue weighted by Crippen LogP contribution is 2.21. The number of aromatic nitrogens is 3. The summed E-state index contributed by atoms with van der Waals surface area (Å²) in [6.07, 6.45) is 4.17. The molecule has 2 fully saturated rings. The molecule has 2 aromatic heterocycles. The molecule has 0 spiro atoms. The van der Waals surface area contributed by atoms with Crippen LogP contribution in [0.5, 0.6) is 0 Å². The Hall–Kier alpha value is -3.26. The summed E-state index contributed by atoms with van der Waals surface area (Å²) in [7, 11) is 0. The van der Waals surface area contributed by atoms with E-state index in [9.17, 15) is 4.79 Å². The van der Waals surface area contributed by atoms with E-state index in [0.717, 1.165) is 37.4 Å². The molecule has 0 bridgehead atoms. The Morgan fingerprint density at radius 2 is 1.75 bits per heavy atom. The third-order valence-electron chi connectivity index (χ3n) is 6.23. The van der Waals surface area contributed by atoms with Crippen molar-refractivity contribution in [2.45, 2.75) is 26.3 Å². The number of aryl methyl sites for hydroxylation is 1. The number of hydrogen-bond acceptors (Lipinski definition) is 7. The Bertz CT molecular complexity index is 1070. The van der Waals surface area contributed by atoms with Crippen molar-refractivity contribution in [3.63, 3.8) is 0 Å². The summed E-state index contributed by atoms with van der Waals surface area (Å²) in [5.74, 6) is 1.21. The molecule has 1 aromatic carbocycles. The molecule has 3 aromatic rings. The Balaban J connectivity index is 1.16. The molecule has 32 heavy (non-hydrogen) atoms. The lowest BCUT2D eigenvalue weighted by molar-refractivity contribution is 0.0609. The molecule has 0 saturated carbocycles. The van der Waals surface area contributed by atoms with Crippen LogP contribution in [-0.2, 0) is 6.54 Å². The van der Waals surface area contributed by atoms with Crippen molar-refractivity contribution < 1.29 is 9.32 Å². The summed E-state index contributed by atoms with van der Waals surface area (Å²) in [4.78, 5) is 28.3. The molecule has 2 aliphatic rings. The monoisotopic (exact) mass is 432 g/mol. The number of amides is 1. The molecule has 0 radical (unpaired) electrons. The highest BCUT2D eigenvalue weighted by Gasteiger charge is 2.25. The van der Waals surface area contributed by atoms with Gasteiger partial charge in [0.1, 0.15) is 5.69 Å². The second-order valence-electron chi connectivity index (χ2n) is 8.54. The highest BCUT2D eigenvalue weighted by molar-refractivity contribution is 5.93. The number of carbonyl (C=O) groups excluding carboxylic acids is 1. The molecule has 2 aliphatic heterocycles. The molecule has 1 amide bonds. The quantitative estimate of drug-likeness (QED) is 0.613. The smallest absolute Gasteiger partial charge is 0.272 e. The van der Waals surface area contributed by atoms with Gasteiger partial charge in [-0.3, -0.25) is 14.7 Å². The topological polar surface area (TPSA) is 78.6 Å². The number of piperazine rings is 1. The van der Waals surface area contributed by atoms with Crippen molar-refractivity contribution in [2.24, 2.45) is 0 Å². The average molecular weight is 433 g/mol. The third kappa shape index (κ3) is 4.50. The number of nitrogens with zero attached hydrogens (tertiary/aromatic N) is 6. The molecule has 166 valence electrons. The molecule has 0 N–H and O–H groups in total. The zero-order chi connectivity index (χ0) is 21.9. The highest BCUT2D eigenvalue weighted by atomic mass is 16.5. The maximum absolute atomic E-state index is 13.0. The first-order valence-corrected chi connectivity index (χ1v) is 11.3. The van der Waals surface area contributed by atoms with Crippen LogP contribution < -0.4 is 4.90 Å². The molecule has 4 heterocycles. The van der Waals surface area contributed by atoms with E-state index in [1.165, 1.54) is 18.4 Å². The second-order valence-corrected chi connectivity index (χ2v) is 8.54. The first-order valence-electron chi connectivity index (χ1n) is 11.3. The number of pyridine rings is 1. The van der Waals surface area contributed by atoms with Crippen LogP contribution in [0.1, 0.15) is 34.8 Å². The molecular weight excluding hydrogens is 404 g/mol. The van der Waals surface area contributed by atoms with Crippen molar-refractivity contribution in [2.75, 3.05) is 44.2 Å². The van der Waals surface area contributed by atoms with E-state index < -0.39 is 0 Å². The van der Waals surface area contributed by atoms with E-state index in [1.807, 2.05) is 41.3 Å². The zero-order valence-electron chi connectivity index (χ0n) is 18.4. The Morgan fingerprint density at radius 1 is 1.00 bits per heavy atom. The minimum Gasteiger partial charge on any atom is -0.371 e. The number of rotatable bonds is 5. The molecule has 0 atom stereocenters. The van der Waals surface area contributed by atoms with Gasteiger partial charge in [0.25, 0.3) is 5.91 Å².